The van der Waals surface area contributed by atoms with E-state index in [1.807, 2.05) is 6.92 Å². The fraction of sp³-hybridized carbons (Fsp3) is 0.800. The number of allylic oxidation sites excluding steroid dienone is 3. The van der Waals surface area contributed by atoms with Crippen LogP contribution in [-0.2, 0) is 9.53 Å². The number of hydrogen-bond acceptors (Lipinski definition) is 2. The smallest absolute Gasteiger partial charge is 0.302 e. The van der Waals surface area contributed by atoms with Crippen molar-refractivity contribution in [2.24, 2.45) is 22.7 Å². The van der Waals surface area contributed by atoms with E-state index in [1.165, 1.54) is 56.6 Å². The Morgan fingerprint density at radius 1 is 1.30 bits per heavy atom. The molecule has 0 aromatic rings. The second-order valence-corrected chi connectivity index (χ2v) is 10.2. The highest BCUT2D eigenvalue weighted by Crippen LogP contribution is 2.61. The SMILES string of the molecule is C=C1CC[C@H]2C(C)(C)CCC[C@@]2(C)[C@H]1CC/C(C)=C/CC[C@@H](C)OC(C)=O. The standard InChI is InChI=1S/C25H42O2/c1-18(10-8-11-20(3)27-21(4)26)12-14-22-19(2)13-15-23-24(5,6)16-9-17-25(22,23)7/h10,20,22-23H,2,8-9,11-17H2,1,3-7H3/b18-10+/t20-,22+,23+,25+/m1/s1. The van der Waals surface area contributed by atoms with Crippen LogP contribution >= 0.6 is 0 Å². The van der Waals surface area contributed by atoms with Crippen LogP contribution in [0.5, 0.6) is 0 Å². The molecule has 0 aliphatic heterocycles. The van der Waals surface area contributed by atoms with Gasteiger partial charge in [0.1, 0.15) is 0 Å². The summed E-state index contributed by atoms with van der Waals surface area (Å²) in [4.78, 5) is 11.0. The minimum Gasteiger partial charge on any atom is -0.463 e. The highest BCUT2D eigenvalue weighted by Gasteiger charge is 2.52. The first-order valence-corrected chi connectivity index (χ1v) is 11.1. The van der Waals surface area contributed by atoms with Gasteiger partial charge in [-0.1, -0.05) is 51.0 Å². The van der Waals surface area contributed by atoms with E-state index in [9.17, 15) is 4.79 Å². The molecule has 0 aromatic heterocycles. The molecule has 0 unspecified atom stereocenters. The van der Waals surface area contributed by atoms with Crippen molar-refractivity contribution in [2.75, 3.05) is 0 Å². The Kier molecular flexibility index (Phi) is 7.39. The molecule has 27 heavy (non-hydrogen) atoms. The van der Waals surface area contributed by atoms with Gasteiger partial charge in [0.2, 0.25) is 0 Å². The van der Waals surface area contributed by atoms with Gasteiger partial charge in [-0.15, -0.1) is 0 Å². The van der Waals surface area contributed by atoms with Crippen molar-refractivity contribution in [3.63, 3.8) is 0 Å². The highest BCUT2D eigenvalue weighted by molar-refractivity contribution is 5.66. The molecular formula is C25H42O2. The number of carbonyl (C=O) groups excluding carboxylic acids is 1. The van der Waals surface area contributed by atoms with Crippen LogP contribution in [0.3, 0.4) is 0 Å². The molecule has 0 N–H and O–H groups in total. The van der Waals surface area contributed by atoms with Crippen molar-refractivity contribution in [2.45, 2.75) is 105 Å². The first kappa shape index (κ1) is 22.2. The van der Waals surface area contributed by atoms with Gasteiger partial charge in [-0.3, -0.25) is 4.79 Å². The van der Waals surface area contributed by atoms with Gasteiger partial charge in [0.05, 0.1) is 6.10 Å². The molecule has 0 spiro atoms. The first-order valence-electron chi connectivity index (χ1n) is 11.1. The predicted octanol–water partition coefficient (Wildman–Crippen LogP) is 7.24. The molecule has 2 aliphatic carbocycles. The lowest BCUT2D eigenvalue weighted by Crippen LogP contribution is -2.49. The number of hydrogen-bond donors (Lipinski definition) is 0. The second-order valence-electron chi connectivity index (χ2n) is 10.2. The second kappa shape index (κ2) is 8.97. The summed E-state index contributed by atoms with van der Waals surface area (Å²) in [5.74, 6) is 1.32. The zero-order valence-electron chi connectivity index (χ0n) is 18.7. The fourth-order valence-electron chi connectivity index (χ4n) is 6.19. The number of esters is 1. The van der Waals surface area contributed by atoms with E-state index in [0.29, 0.717) is 16.7 Å². The molecular weight excluding hydrogens is 332 g/mol. The van der Waals surface area contributed by atoms with Crippen LogP contribution in [0.4, 0.5) is 0 Å². The minimum atomic E-state index is -0.183. The fourth-order valence-corrected chi connectivity index (χ4v) is 6.19. The molecule has 4 atom stereocenters. The summed E-state index contributed by atoms with van der Waals surface area (Å²) in [5.41, 5.74) is 3.88. The maximum atomic E-state index is 11.0. The van der Waals surface area contributed by atoms with Gasteiger partial charge in [-0.2, -0.15) is 0 Å². The maximum Gasteiger partial charge on any atom is 0.302 e. The largest absolute Gasteiger partial charge is 0.463 e. The molecule has 2 heteroatoms. The van der Waals surface area contributed by atoms with Gasteiger partial charge < -0.3 is 4.74 Å². The molecule has 0 aromatic carbocycles. The Morgan fingerprint density at radius 3 is 2.67 bits per heavy atom. The Hall–Kier alpha value is -1.05. The van der Waals surface area contributed by atoms with Crippen LogP contribution in [0.25, 0.3) is 0 Å². The topological polar surface area (TPSA) is 26.3 Å². The molecule has 2 saturated carbocycles. The van der Waals surface area contributed by atoms with Crippen LogP contribution in [-0.4, -0.2) is 12.1 Å². The van der Waals surface area contributed by atoms with E-state index in [1.54, 1.807) is 0 Å². The molecule has 0 radical (unpaired) electrons. The lowest BCUT2D eigenvalue weighted by Gasteiger charge is -2.58. The average molecular weight is 375 g/mol. The zero-order valence-corrected chi connectivity index (χ0v) is 18.7. The van der Waals surface area contributed by atoms with Crippen molar-refractivity contribution < 1.29 is 9.53 Å². The Labute approximate surface area is 167 Å². The van der Waals surface area contributed by atoms with E-state index in [4.69, 9.17) is 4.74 Å². The van der Waals surface area contributed by atoms with E-state index in [2.05, 4.69) is 40.3 Å². The molecule has 2 nitrogen and oxygen atoms in total. The van der Waals surface area contributed by atoms with Crippen molar-refractivity contribution in [3.05, 3.63) is 23.8 Å². The van der Waals surface area contributed by atoms with E-state index < -0.39 is 0 Å². The summed E-state index contributed by atoms with van der Waals surface area (Å²) < 4.78 is 5.21. The van der Waals surface area contributed by atoms with Crippen LogP contribution in [0.1, 0.15) is 99.3 Å². The van der Waals surface area contributed by atoms with Crippen molar-refractivity contribution in [3.8, 4) is 0 Å². The Morgan fingerprint density at radius 2 is 2.00 bits per heavy atom. The van der Waals surface area contributed by atoms with Crippen LogP contribution in [0.15, 0.2) is 23.8 Å². The van der Waals surface area contributed by atoms with Gasteiger partial charge in [0, 0.05) is 6.92 Å². The molecule has 0 bridgehead atoms. The molecule has 0 heterocycles. The predicted molar refractivity (Wildman–Crippen MR) is 115 cm³/mol. The molecule has 0 saturated heterocycles. The number of ether oxygens (including phenoxy) is 1. The number of carbonyl (C=O) groups is 1. The third kappa shape index (κ3) is 5.48. The van der Waals surface area contributed by atoms with Gasteiger partial charge in [0.25, 0.3) is 0 Å². The van der Waals surface area contributed by atoms with Gasteiger partial charge in [-0.25, -0.2) is 0 Å². The number of rotatable bonds is 7. The third-order valence-electron chi connectivity index (χ3n) is 7.58. The monoisotopic (exact) mass is 374 g/mol. The molecule has 2 rings (SSSR count). The van der Waals surface area contributed by atoms with E-state index in [-0.39, 0.29) is 12.1 Å². The minimum absolute atomic E-state index is 0.00816. The van der Waals surface area contributed by atoms with Crippen molar-refractivity contribution >= 4 is 5.97 Å². The van der Waals surface area contributed by atoms with Crippen LogP contribution < -0.4 is 0 Å². The van der Waals surface area contributed by atoms with Gasteiger partial charge in [0.15, 0.2) is 0 Å². The van der Waals surface area contributed by atoms with Gasteiger partial charge >= 0.3 is 5.97 Å². The lowest BCUT2D eigenvalue weighted by molar-refractivity contribution is -0.145. The average Bonchev–Trinajstić information content (AvgIpc) is 2.52. The summed E-state index contributed by atoms with van der Waals surface area (Å²) in [5, 5.41) is 0. The van der Waals surface area contributed by atoms with Crippen molar-refractivity contribution in [1.82, 2.24) is 0 Å². The van der Waals surface area contributed by atoms with Crippen LogP contribution in [0, 0.1) is 22.7 Å². The summed E-state index contributed by atoms with van der Waals surface area (Å²) in [7, 11) is 0. The molecule has 0 amide bonds. The van der Waals surface area contributed by atoms with E-state index in [0.717, 1.165) is 25.2 Å². The third-order valence-corrected chi connectivity index (χ3v) is 7.58. The summed E-state index contributed by atoms with van der Waals surface area (Å²) in [6.07, 6.45) is 13.3. The zero-order chi connectivity index (χ0) is 20.2. The van der Waals surface area contributed by atoms with Crippen molar-refractivity contribution in [1.29, 1.82) is 0 Å². The molecule has 2 aliphatic rings. The molecule has 154 valence electrons. The van der Waals surface area contributed by atoms with Gasteiger partial charge in [-0.05, 0) is 87.9 Å². The Bertz CT molecular complexity index is 571. The van der Waals surface area contributed by atoms with E-state index >= 15 is 0 Å². The number of fused-ring (bicyclic) bond motifs is 1. The quantitative estimate of drug-likeness (QED) is 0.346. The Balaban J connectivity index is 1.93. The first-order chi connectivity index (χ1) is 12.6. The summed E-state index contributed by atoms with van der Waals surface area (Å²) in [6.45, 7) is 17.8. The summed E-state index contributed by atoms with van der Waals surface area (Å²) >= 11 is 0. The normalized spacial score (nSPS) is 31.9. The van der Waals surface area contributed by atoms with Crippen LogP contribution in [0.2, 0.25) is 0 Å². The maximum absolute atomic E-state index is 11.0. The lowest BCUT2D eigenvalue weighted by atomic mass is 9.47. The summed E-state index contributed by atoms with van der Waals surface area (Å²) in [6, 6.07) is 0. The molecule has 2 fully saturated rings. The highest BCUT2D eigenvalue weighted by atomic mass is 16.5.